The predicted octanol–water partition coefficient (Wildman–Crippen LogP) is 4.40. The summed E-state index contributed by atoms with van der Waals surface area (Å²) in [5, 5.41) is 32.1. The zero-order valence-electron chi connectivity index (χ0n) is 20.6. The molecule has 1 saturated carbocycles. The number of hydrogen-bond acceptors (Lipinski definition) is 9. The van der Waals surface area contributed by atoms with Gasteiger partial charge in [-0.3, -0.25) is 0 Å². The number of hydrogen-bond donors (Lipinski definition) is 2. The molecule has 0 amide bonds. The average Bonchev–Trinajstić information content (AvgIpc) is 3.67. The van der Waals surface area contributed by atoms with Crippen LogP contribution in [0.5, 0.6) is 5.75 Å². The molecular formula is C26H30FN7OS. The summed E-state index contributed by atoms with van der Waals surface area (Å²) in [5.41, 5.74) is 2.12. The normalized spacial score (nSPS) is 29.3. The van der Waals surface area contributed by atoms with Crippen molar-refractivity contribution in [3.8, 4) is 28.1 Å². The molecule has 3 fully saturated rings. The molecule has 2 bridgehead atoms. The fourth-order valence-electron chi connectivity index (χ4n) is 5.92. The predicted molar refractivity (Wildman–Crippen MR) is 138 cm³/mol. The van der Waals surface area contributed by atoms with Gasteiger partial charge >= 0.3 is 0 Å². The Balaban J connectivity index is 1.27. The topological polar surface area (TPSA) is 100.0 Å². The lowest BCUT2D eigenvalue weighted by Crippen LogP contribution is -2.66. The third kappa shape index (κ3) is 4.10. The molecule has 2 N–H and O–H groups in total. The van der Waals surface area contributed by atoms with E-state index in [4.69, 9.17) is 0 Å². The zero-order valence-corrected chi connectivity index (χ0v) is 21.5. The largest absolute Gasteiger partial charge is 0.507 e. The van der Waals surface area contributed by atoms with Crippen molar-refractivity contribution in [1.29, 1.82) is 0 Å². The standard InChI is InChI=1S/C26H30FN7OS/c1-25-8-9-26(2,33-25)23(27)20(12-25)34(17-5-6-17)24-28-14-19(30-32-24)18-7-4-15(10-21(18)35)16-11-22(36-3)31-29-13-16/h4,7,10-11,13-14,17,20,23,33,35H,5-6,8-9,12H2,1-3H3/t20-,23-,25-,26+/m0/s1. The Morgan fingerprint density at radius 2 is 1.92 bits per heavy atom. The number of aromatic nitrogens is 5. The number of anilines is 1. The maximum Gasteiger partial charge on any atom is 0.245 e. The van der Waals surface area contributed by atoms with Crippen molar-refractivity contribution < 1.29 is 9.50 Å². The van der Waals surface area contributed by atoms with Crippen molar-refractivity contribution in [3.63, 3.8) is 0 Å². The van der Waals surface area contributed by atoms with Crippen molar-refractivity contribution in [2.75, 3.05) is 11.2 Å². The lowest BCUT2D eigenvalue weighted by atomic mass is 9.82. The number of phenols is 1. The molecule has 188 valence electrons. The highest BCUT2D eigenvalue weighted by Gasteiger charge is 2.58. The van der Waals surface area contributed by atoms with Crippen LogP contribution in [0.15, 0.2) is 41.7 Å². The van der Waals surface area contributed by atoms with Gasteiger partial charge in [0, 0.05) is 28.2 Å². The van der Waals surface area contributed by atoms with Crippen molar-refractivity contribution in [2.24, 2.45) is 0 Å². The Hall–Kier alpha value is -2.85. The van der Waals surface area contributed by atoms with E-state index in [1.165, 1.54) is 11.8 Å². The Kier molecular flexibility index (Phi) is 5.64. The average molecular weight is 508 g/mol. The molecule has 8 nitrogen and oxygen atoms in total. The number of piperidine rings is 1. The molecule has 10 heteroatoms. The van der Waals surface area contributed by atoms with Gasteiger partial charge in [0.05, 0.1) is 18.4 Å². The van der Waals surface area contributed by atoms with E-state index in [-0.39, 0.29) is 23.4 Å². The van der Waals surface area contributed by atoms with Crippen LogP contribution >= 0.6 is 11.8 Å². The van der Waals surface area contributed by atoms with Gasteiger partial charge in [0.15, 0.2) is 0 Å². The Bertz CT molecular complexity index is 1290. The van der Waals surface area contributed by atoms with E-state index in [1.807, 2.05) is 25.3 Å². The summed E-state index contributed by atoms with van der Waals surface area (Å²) >= 11 is 1.51. The van der Waals surface area contributed by atoms with Crippen molar-refractivity contribution in [3.05, 3.63) is 36.7 Å². The zero-order chi connectivity index (χ0) is 25.1. The van der Waals surface area contributed by atoms with Gasteiger partial charge in [-0.15, -0.1) is 27.1 Å². The summed E-state index contributed by atoms with van der Waals surface area (Å²) in [4.78, 5) is 6.70. The molecule has 2 aromatic heterocycles. The van der Waals surface area contributed by atoms with Crippen LogP contribution in [0.2, 0.25) is 0 Å². The fraction of sp³-hybridized carbons (Fsp3) is 0.500. The number of aromatic hydroxyl groups is 1. The minimum Gasteiger partial charge on any atom is -0.507 e. The summed E-state index contributed by atoms with van der Waals surface area (Å²) < 4.78 is 15.8. The molecule has 36 heavy (non-hydrogen) atoms. The molecule has 6 rings (SSSR count). The van der Waals surface area contributed by atoms with E-state index >= 15 is 4.39 Å². The number of nitrogens with zero attached hydrogens (tertiary/aromatic N) is 6. The number of benzene rings is 1. The van der Waals surface area contributed by atoms with Gasteiger partial charge in [-0.05, 0) is 76.0 Å². The number of halogens is 1. The molecule has 3 aromatic rings. The number of alkyl halides is 1. The Labute approximate surface area is 214 Å². The highest BCUT2D eigenvalue weighted by atomic mass is 32.2. The fourth-order valence-corrected chi connectivity index (χ4v) is 6.29. The lowest BCUT2D eigenvalue weighted by molar-refractivity contribution is 0.0828. The second-order valence-corrected chi connectivity index (χ2v) is 11.6. The van der Waals surface area contributed by atoms with Gasteiger partial charge in [-0.2, -0.15) is 5.10 Å². The molecule has 3 aliphatic rings. The van der Waals surface area contributed by atoms with Crippen LogP contribution in [0.1, 0.15) is 46.0 Å². The van der Waals surface area contributed by atoms with Crippen LogP contribution in [0, 0.1) is 0 Å². The third-order valence-corrected chi connectivity index (χ3v) is 8.53. The number of phenolic OH excluding ortho intramolecular Hbond substituents is 1. The molecule has 2 saturated heterocycles. The molecular weight excluding hydrogens is 477 g/mol. The molecule has 0 radical (unpaired) electrons. The smallest absolute Gasteiger partial charge is 0.245 e. The van der Waals surface area contributed by atoms with Crippen LogP contribution in [0.4, 0.5) is 10.3 Å². The maximum atomic E-state index is 15.8. The molecule has 0 unspecified atom stereocenters. The van der Waals surface area contributed by atoms with E-state index in [0.29, 0.717) is 17.2 Å². The minimum absolute atomic E-state index is 0.0725. The molecule has 1 aromatic carbocycles. The van der Waals surface area contributed by atoms with Gasteiger partial charge in [-0.1, -0.05) is 6.07 Å². The first-order valence-corrected chi connectivity index (χ1v) is 13.6. The van der Waals surface area contributed by atoms with Crippen molar-refractivity contribution in [2.45, 2.75) is 80.3 Å². The van der Waals surface area contributed by atoms with Crippen LogP contribution in [-0.2, 0) is 0 Å². The molecule has 4 heterocycles. The van der Waals surface area contributed by atoms with E-state index in [0.717, 1.165) is 48.3 Å². The van der Waals surface area contributed by atoms with E-state index in [2.05, 4.69) is 42.5 Å². The number of fused-ring (bicyclic) bond motifs is 2. The van der Waals surface area contributed by atoms with Gasteiger partial charge in [-0.25, -0.2) is 9.37 Å². The first kappa shape index (κ1) is 23.5. The Morgan fingerprint density at radius 3 is 2.61 bits per heavy atom. The minimum atomic E-state index is -1.01. The van der Waals surface area contributed by atoms with Crippen molar-refractivity contribution in [1.82, 2.24) is 30.7 Å². The van der Waals surface area contributed by atoms with Gasteiger partial charge in [0.1, 0.15) is 22.6 Å². The summed E-state index contributed by atoms with van der Waals surface area (Å²) in [5.74, 6) is 0.545. The summed E-state index contributed by atoms with van der Waals surface area (Å²) in [6.07, 6.45) is 8.78. The van der Waals surface area contributed by atoms with E-state index in [1.54, 1.807) is 24.5 Å². The monoisotopic (exact) mass is 507 g/mol. The lowest BCUT2D eigenvalue weighted by Gasteiger charge is -2.48. The number of rotatable bonds is 6. The van der Waals surface area contributed by atoms with Crippen LogP contribution in [0.3, 0.4) is 0 Å². The molecule has 2 aliphatic heterocycles. The first-order chi connectivity index (χ1) is 17.3. The summed E-state index contributed by atoms with van der Waals surface area (Å²) in [6, 6.07) is 7.29. The molecule has 0 spiro atoms. The van der Waals surface area contributed by atoms with Crippen LogP contribution < -0.4 is 10.2 Å². The van der Waals surface area contributed by atoms with Gasteiger partial charge in [0.2, 0.25) is 5.95 Å². The summed E-state index contributed by atoms with van der Waals surface area (Å²) in [6.45, 7) is 4.19. The maximum absolute atomic E-state index is 15.8. The third-order valence-electron chi connectivity index (χ3n) is 7.92. The highest BCUT2D eigenvalue weighted by Crippen LogP contribution is 2.47. The number of thioether (sulfide) groups is 1. The second kappa shape index (κ2) is 8.62. The Morgan fingerprint density at radius 1 is 1.08 bits per heavy atom. The van der Waals surface area contributed by atoms with Crippen LogP contribution in [-0.4, -0.2) is 66.1 Å². The second-order valence-electron chi connectivity index (χ2n) is 10.8. The van der Waals surface area contributed by atoms with E-state index < -0.39 is 11.7 Å². The quantitative estimate of drug-likeness (QED) is 0.470. The van der Waals surface area contributed by atoms with Gasteiger partial charge in [0.25, 0.3) is 0 Å². The summed E-state index contributed by atoms with van der Waals surface area (Å²) in [7, 11) is 0. The first-order valence-electron chi connectivity index (χ1n) is 12.4. The molecule has 1 aliphatic carbocycles. The van der Waals surface area contributed by atoms with E-state index in [9.17, 15) is 5.11 Å². The van der Waals surface area contributed by atoms with Gasteiger partial charge < -0.3 is 15.3 Å². The SMILES string of the molecule is CSc1cc(-c2ccc(-c3cnc(N(C4CC4)[C@H]4C[C@]5(C)CC[C@@](C)(N5)[C@H]4F)nn3)c(O)c2)cnn1. The van der Waals surface area contributed by atoms with Crippen molar-refractivity contribution >= 4 is 17.7 Å². The molecule has 4 atom stereocenters. The number of nitrogens with one attached hydrogen (secondary N) is 1. The van der Waals surface area contributed by atoms with Crippen LogP contribution in [0.25, 0.3) is 22.4 Å². The highest BCUT2D eigenvalue weighted by molar-refractivity contribution is 7.98.